The van der Waals surface area contributed by atoms with E-state index in [0.717, 1.165) is 33.2 Å². The number of nitrogen functional groups attached to an aromatic ring is 1. The van der Waals surface area contributed by atoms with E-state index in [-0.39, 0.29) is 11.6 Å². The summed E-state index contributed by atoms with van der Waals surface area (Å²) in [6, 6.07) is 7.85. The topological polar surface area (TPSA) is 140 Å². The number of nitrogens with two attached hydrogens (primary N) is 1. The molecule has 4 N–H and O–H groups in total. The zero-order valence-corrected chi connectivity index (χ0v) is 16.7. The van der Waals surface area contributed by atoms with E-state index in [2.05, 4.69) is 35.6 Å². The predicted molar refractivity (Wildman–Crippen MR) is 116 cm³/mol. The number of fused-ring (bicyclic) bond motifs is 3. The average Bonchev–Trinajstić information content (AvgIpc) is 3.44. The summed E-state index contributed by atoms with van der Waals surface area (Å²) < 4.78 is 1.75. The molecule has 1 aromatic carbocycles. The number of amides is 1. The number of nitrogens with zero attached hydrogens (tertiary/aromatic N) is 6. The average molecular weight is 413 g/mol. The van der Waals surface area contributed by atoms with Gasteiger partial charge in [-0.05, 0) is 19.1 Å². The van der Waals surface area contributed by atoms with Crippen LogP contribution in [0.3, 0.4) is 0 Å². The van der Waals surface area contributed by atoms with Crippen molar-refractivity contribution < 1.29 is 4.79 Å². The van der Waals surface area contributed by atoms with Gasteiger partial charge in [0.15, 0.2) is 5.82 Å². The number of rotatable bonds is 5. The van der Waals surface area contributed by atoms with Crippen LogP contribution in [-0.4, -0.2) is 47.4 Å². The van der Waals surface area contributed by atoms with Crippen LogP contribution in [0.4, 0.5) is 5.82 Å². The second-order valence-corrected chi connectivity index (χ2v) is 7.14. The van der Waals surface area contributed by atoms with E-state index >= 15 is 0 Å². The molecule has 0 aliphatic heterocycles. The summed E-state index contributed by atoms with van der Waals surface area (Å²) in [5.74, 6) is 0.0844. The van der Waals surface area contributed by atoms with Crippen LogP contribution in [0.1, 0.15) is 16.2 Å². The molecule has 5 rings (SSSR count). The quantitative estimate of drug-likeness (QED) is 0.401. The van der Waals surface area contributed by atoms with Crippen LogP contribution in [0.5, 0.6) is 0 Å². The van der Waals surface area contributed by atoms with Crippen molar-refractivity contribution >= 4 is 33.5 Å². The van der Waals surface area contributed by atoms with E-state index in [9.17, 15) is 4.79 Å². The lowest BCUT2D eigenvalue weighted by atomic mass is 10.1. The lowest BCUT2D eigenvalue weighted by Gasteiger charge is -2.04. The molecule has 0 atom stereocenters. The number of hydrogen-bond acceptors (Lipinski definition) is 7. The minimum absolute atomic E-state index is 0.276. The molecule has 0 spiro atoms. The second-order valence-electron chi connectivity index (χ2n) is 7.14. The molecule has 5 aromatic rings. The molecular formula is C21H19N9O. The van der Waals surface area contributed by atoms with E-state index in [1.165, 1.54) is 6.20 Å². The Hall–Kier alpha value is -4.34. The standard InChI is InChI=1S/C21H19N9O/c1-12-9-25-18(10-24-12)21(31)23-6-7-30-11-15-14-3-2-13(16-4-5-26-28-16)8-17(14)27-20(22)19(15)29-30/h2-5,8-11H,6-7H2,1H3,(H2,22,27)(H,23,31)(H,26,28). The lowest BCUT2D eigenvalue weighted by molar-refractivity contribution is 0.0946. The molecule has 10 nitrogen and oxygen atoms in total. The van der Waals surface area contributed by atoms with Gasteiger partial charge in [-0.1, -0.05) is 12.1 Å². The van der Waals surface area contributed by atoms with Gasteiger partial charge in [-0.2, -0.15) is 10.2 Å². The second kappa shape index (κ2) is 7.48. The summed E-state index contributed by atoms with van der Waals surface area (Å²) in [6.45, 7) is 2.68. The molecule has 4 aromatic heterocycles. The van der Waals surface area contributed by atoms with E-state index in [1.807, 2.05) is 37.4 Å². The van der Waals surface area contributed by atoms with Crippen molar-refractivity contribution in [2.45, 2.75) is 13.5 Å². The van der Waals surface area contributed by atoms with Crippen molar-refractivity contribution in [1.29, 1.82) is 0 Å². The highest BCUT2D eigenvalue weighted by Gasteiger charge is 2.13. The van der Waals surface area contributed by atoms with Crippen molar-refractivity contribution in [3.8, 4) is 11.3 Å². The molecule has 0 aliphatic carbocycles. The number of aromatic amines is 1. The molecular weight excluding hydrogens is 394 g/mol. The normalized spacial score (nSPS) is 11.3. The van der Waals surface area contributed by atoms with Gasteiger partial charge in [-0.3, -0.25) is 19.6 Å². The third-order valence-corrected chi connectivity index (χ3v) is 4.97. The molecule has 0 saturated heterocycles. The smallest absolute Gasteiger partial charge is 0.271 e. The van der Waals surface area contributed by atoms with Crippen molar-refractivity contribution in [3.63, 3.8) is 0 Å². The maximum absolute atomic E-state index is 12.2. The number of carbonyl (C=O) groups excluding carboxylic acids is 1. The first-order valence-electron chi connectivity index (χ1n) is 9.72. The summed E-state index contributed by atoms with van der Waals surface area (Å²) in [6.07, 6.45) is 6.72. The van der Waals surface area contributed by atoms with E-state index in [1.54, 1.807) is 17.1 Å². The number of anilines is 1. The minimum atomic E-state index is -0.276. The Morgan fingerprint density at radius 2 is 2.10 bits per heavy atom. The maximum Gasteiger partial charge on any atom is 0.271 e. The summed E-state index contributed by atoms with van der Waals surface area (Å²) in [7, 11) is 0. The molecule has 0 aliphatic rings. The van der Waals surface area contributed by atoms with Crippen LogP contribution in [0.25, 0.3) is 33.1 Å². The Bertz CT molecular complexity index is 1390. The van der Waals surface area contributed by atoms with E-state index in [0.29, 0.717) is 24.4 Å². The van der Waals surface area contributed by atoms with Crippen LogP contribution in [0, 0.1) is 6.92 Å². The van der Waals surface area contributed by atoms with Gasteiger partial charge in [-0.15, -0.1) is 0 Å². The monoisotopic (exact) mass is 413 g/mol. The lowest BCUT2D eigenvalue weighted by Crippen LogP contribution is -2.28. The number of nitrogens with one attached hydrogen (secondary N) is 2. The largest absolute Gasteiger partial charge is 0.382 e. The molecule has 0 bridgehead atoms. The number of benzene rings is 1. The zero-order valence-electron chi connectivity index (χ0n) is 16.7. The summed E-state index contributed by atoms with van der Waals surface area (Å²) in [5.41, 5.74) is 10.4. The Balaban J connectivity index is 1.37. The highest BCUT2D eigenvalue weighted by atomic mass is 16.1. The van der Waals surface area contributed by atoms with Gasteiger partial charge < -0.3 is 11.1 Å². The first-order valence-corrected chi connectivity index (χ1v) is 9.72. The van der Waals surface area contributed by atoms with Crippen LogP contribution < -0.4 is 11.1 Å². The first-order chi connectivity index (χ1) is 15.1. The predicted octanol–water partition coefficient (Wildman–Crippen LogP) is 2.09. The van der Waals surface area contributed by atoms with E-state index < -0.39 is 0 Å². The summed E-state index contributed by atoms with van der Waals surface area (Å²) >= 11 is 0. The van der Waals surface area contributed by atoms with E-state index in [4.69, 9.17) is 5.73 Å². The van der Waals surface area contributed by atoms with Gasteiger partial charge in [0.2, 0.25) is 0 Å². The van der Waals surface area contributed by atoms with Gasteiger partial charge >= 0.3 is 0 Å². The molecule has 0 fully saturated rings. The fraction of sp³-hybridized carbons (Fsp3) is 0.143. The summed E-state index contributed by atoms with van der Waals surface area (Å²) in [4.78, 5) is 24.9. The Kier molecular flexibility index (Phi) is 4.51. The molecule has 31 heavy (non-hydrogen) atoms. The number of aryl methyl sites for hydroxylation is 1. The third kappa shape index (κ3) is 3.54. The molecule has 10 heteroatoms. The summed E-state index contributed by atoms with van der Waals surface area (Å²) in [5, 5.41) is 16.3. The molecule has 0 saturated carbocycles. The molecule has 1 amide bonds. The van der Waals surface area contributed by atoms with Crippen molar-refractivity contribution in [3.05, 3.63) is 60.4 Å². The zero-order chi connectivity index (χ0) is 21.4. The SMILES string of the molecule is Cc1cnc(C(=O)NCCn2cc3c(n2)c(N)nc2cc(-c4cc[nH]n4)ccc23)cn1. The Morgan fingerprint density at radius 1 is 1.19 bits per heavy atom. The molecule has 0 unspecified atom stereocenters. The number of aromatic nitrogens is 7. The number of H-pyrrole nitrogens is 1. The molecule has 0 radical (unpaired) electrons. The van der Waals surface area contributed by atoms with Crippen LogP contribution in [0.2, 0.25) is 0 Å². The highest BCUT2D eigenvalue weighted by molar-refractivity contribution is 6.08. The van der Waals surface area contributed by atoms with Crippen molar-refractivity contribution in [2.24, 2.45) is 0 Å². The van der Waals surface area contributed by atoms with Gasteiger partial charge in [0.1, 0.15) is 11.2 Å². The third-order valence-electron chi connectivity index (χ3n) is 4.97. The Morgan fingerprint density at radius 3 is 2.87 bits per heavy atom. The van der Waals surface area contributed by atoms with Crippen LogP contribution in [0.15, 0.2) is 49.1 Å². The molecule has 4 heterocycles. The fourth-order valence-corrected chi connectivity index (χ4v) is 3.42. The van der Waals surface area contributed by atoms with Crippen LogP contribution in [-0.2, 0) is 6.54 Å². The number of hydrogen-bond donors (Lipinski definition) is 3. The van der Waals surface area contributed by atoms with Crippen molar-refractivity contribution in [1.82, 2.24) is 40.2 Å². The maximum atomic E-state index is 12.2. The number of carbonyl (C=O) groups is 1. The minimum Gasteiger partial charge on any atom is -0.382 e. The fourth-order valence-electron chi connectivity index (χ4n) is 3.42. The van der Waals surface area contributed by atoms with Gasteiger partial charge in [-0.25, -0.2) is 9.97 Å². The first kappa shape index (κ1) is 18.7. The van der Waals surface area contributed by atoms with Crippen molar-refractivity contribution in [2.75, 3.05) is 12.3 Å². The Labute approximate surface area is 176 Å². The molecule has 154 valence electrons. The number of pyridine rings is 1. The van der Waals surface area contributed by atoms with Crippen LogP contribution >= 0.6 is 0 Å². The highest BCUT2D eigenvalue weighted by Crippen LogP contribution is 2.29. The van der Waals surface area contributed by atoms with Gasteiger partial charge in [0.05, 0.1) is 29.6 Å². The van der Waals surface area contributed by atoms with Gasteiger partial charge in [0.25, 0.3) is 5.91 Å². The van der Waals surface area contributed by atoms with Gasteiger partial charge in [0, 0.05) is 41.5 Å².